The number of fused-ring (bicyclic) bond motifs is 1. The van der Waals surface area contributed by atoms with E-state index in [1.165, 1.54) is 12.1 Å². The molecule has 0 radical (unpaired) electrons. The summed E-state index contributed by atoms with van der Waals surface area (Å²) >= 11 is 0. The van der Waals surface area contributed by atoms with Crippen molar-refractivity contribution in [3.05, 3.63) is 106 Å². The molecule has 0 saturated carbocycles. The Morgan fingerprint density at radius 3 is 2.56 bits per heavy atom. The van der Waals surface area contributed by atoms with Gasteiger partial charge in [-0.15, -0.1) is 0 Å². The Morgan fingerprint density at radius 1 is 0.917 bits per heavy atom. The quantitative estimate of drug-likeness (QED) is 0.150. The van der Waals surface area contributed by atoms with Crippen molar-refractivity contribution in [1.29, 1.82) is 0 Å². The third-order valence-corrected chi connectivity index (χ3v) is 5.51. The molecule has 1 heterocycles. The summed E-state index contributed by atoms with van der Waals surface area (Å²) in [4.78, 5) is 37.1. The monoisotopic (exact) mass is 485 g/mol. The molecule has 1 N–H and O–H groups in total. The lowest BCUT2D eigenvalue weighted by molar-refractivity contribution is -0.134. The van der Waals surface area contributed by atoms with Gasteiger partial charge in [-0.1, -0.05) is 42.5 Å². The number of benzene rings is 3. The normalized spacial score (nSPS) is 10.7. The number of carbonyl (C=O) groups is 2. The molecule has 0 atom stereocenters. The molecule has 3 aromatic carbocycles. The Hall–Kier alpha value is -4.39. The van der Waals surface area contributed by atoms with Crippen molar-refractivity contribution in [2.45, 2.75) is 26.2 Å². The summed E-state index contributed by atoms with van der Waals surface area (Å²) in [5.41, 5.74) is 1.59. The molecular weight excluding hydrogens is 458 g/mol. The van der Waals surface area contributed by atoms with E-state index in [9.17, 15) is 14.4 Å². The van der Waals surface area contributed by atoms with Crippen molar-refractivity contribution >= 4 is 22.8 Å². The Balaban J connectivity index is 1.30. The molecule has 0 fully saturated rings. The van der Waals surface area contributed by atoms with E-state index in [0.29, 0.717) is 31.4 Å². The molecule has 0 saturated heterocycles. The number of hydrogen-bond donors (Lipinski definition) is 1. The molecule has 4 aromatic rings. The van der Waals surface area contributed by atoms with Crippen LogP contribution in [0.1, 0.15) is 34.3 Å². The van der Waals surface area contributed by atoms with Crippen LogP contribution in [0.25, 0.3) is 11.0 Å². The van der Waals surface area contributed by atoms with Gasteiger partial charge in [-0.25, -0.2) is 4.79 Å². The van der Waals surface area contributed by atoms with Crippen LogP contribution in [0.2, 0.25) is 0 Å². The van der Waals surface area contributed by atoms with Crippen molar-refractivity contribution in [1.82, 2.24) is 5.32 Å². The van der Waals surface area contributed by atoms with Gasteiger partial charge in [-0.2, -0.15) is 0 Å². The van der Waals surface area contributed by atoms with E-state index in [1.807, 2.05) is 61.5 Å². The molecule has 7 nitrogen and oxygen atoms in total. The largest absolute Gasteiger partial charge is 0.494 e. The fourth-order valence-corrected chi connectivity index (χ4v) is 3.67. The maximum absolute atomic E-state index is 12.5. The molecule has 4 rings (SSSR count). The van der Waals surface area contributed by atoms with Crippen molar-refractivity contribution in [2.75, 3.05) is 13.2 Å². The van der Waals surface area contributed by atoms with E-state index in [-0.39, 0.29) is 23.3 Å². The molecule has 36 heavy (non-hydrogen) atoms. The first-order chi connectivity index (χ1) is 17.5. The summed E-state index contributed by atoms with van der Waals surface area (Å²) in [5, 5.41) is 3.30. The van der Waals surface area contributed by atoms with Gasteiger partial charge in [-0.3, -0.25) is 9.59 Å². The number of ether oxygens (including phenoxy) is 2. The van der Waals surface area contributed by atoms with Gasteiger partial charge in [0, 0.05) is 24.4 Å². The van der Waals surface area contributed by atoms with Gasteiger partial charge in [0.2, 0.25) is 0 Å². The van der Waals surface area contributed by atoms with Gasteiger partial charge in [-0.05, 0) is 61.2 Å². The number of rotatable bonds is 10. The molecule has 1 aromatic heterocycles. The zero-order valence-corrected chi connectivity index (χ0v) is 20.0. The van der Waals surface area contributed by atoms with Crippen LogP contribution in [0, 0.1) is 6.92 Å². The number of hydrogen-bond acceptors (Lipinski definition) is 6. The first-order valence-corrected chi connectivity index (χ1v) is 11.8. The van der Waals surface area contributed by atoms with E-state index in [2.05, 4.69) is 5.32 Å². The van der Waals surface area contributed by atoms with Gasteiger partial charge in [0.1, 0.15) is 22.6 Å². The summed E-state index contributed by atoms with van der Waals surface area (Å²) in [7, 11) is 0. The average molecular weight is 486 g/mol. The van der Waals surface area contributed by atoms with Crippen molar-refractivity contribution < 1.29 is 23.5 Å². The minimum absolute atomic E-state index is 0.0751. The van der Waals surface area contributed by atoms with Crippen LogP contribution < -0.4 is 20.4 Å². The van der Waals surface area contributed by atoms with Crippen LogP contribution in [0.15, 0.2) is 88.1 Å². The Kier molecular flexibility index (Phi) is 8.13. The zero-order chi connectivity index (χ0) is 25.3. The summed E-state index contributed by atoms with van der Waals surface area (Å²) in [5.74, 6) is 0.108. The number of amides is 1. The van der Waals surface area contributed by atoms with Gasteiger partial charge < -0.3 is 19.2 Å². The number of aryl methyl sites for hydroxylation is 1. The fraction of sp³-hybridized carbons (Fsp3) is 0.207. The second kappa shape index (κ2) is 11.8. The van der Waals surface area contributed by atoms with Crippen LogP contribution in [0.4, 0.5) is 0 Å². The Bertz CT molecular complexity index is 1410. The maximum atomic E-state index is 12.5. The molecule has 0 aliphatic carbocycles. The number of esters is 1. The van der Waals surface area contributed by atoms with Gasteiger partial charge in [0.05, 0.1) is 6.61 Å². The topological polar surface area (TPSA) is 94.8 Å². The predicted molar refractivity (Wildman–Crippen MR) is 137 cm³/mol. The standard InChI is InChI=1S/C29H27NO6/c1-20-7-5-10-23(17-20)34-16-6-11-27(31)35-24-13-12-22-18-25(29(33)36-26(22)19-24)28(32)30-15-14-21-8-3-2-4-9-21/h2-5,7-10,12-13,17-19H,6,11,14-16H2,1H3,(H,30,32). The van der Waals surface area contributed by atoms with Crippen molar-refractivity contribution in [3.63, 3.8) is 0 Å². The second-order valence-corrected chi connectivity index (χ2v) is 8.38. The third-order valence-electron chi connectivity index (χ3n) is 5.51. The number of nitrogens with one attached hydrogen (secondary N) is 1. The summed E-state index contributed by atoms with van der Waals surface area (Å²) in [6.45, 7) is 2.77. The van der Waals surface area contributed by atoms with E-state index < -0.39 is 17.5 Å². The minimum atomic E-state index is -0.753. The molecule has 0 unspecified atom stereocenters. The van der Waals surface area contributed by atoms with Crippen molar-refractivity contribution in [3.8, 4) is 11.5 Å². The molecule has 1 amide bonds. The van der Waals surface area contributed by atoms with Gasteiger partial charge in [0.15, 0.2) is 0 Å². The van der Waals surface area contributed by atoms with Crippen molar-refractivity contribution in [2.24, 2.45) is 0 Å². The van der Waals surface area contributed by atoms with E-state index in [1.54, 1.807) is 12.1 Å². The Morgan fingerprint density at radius 2 is 1.75 bits per heavy atom. The second-order valence-electron chi connectivity index (χ2n) is 8.38. The van der Waals surface area contributed by atoms with Crippen LogP contribution in [-0.4, -0.2) is 25.0 Å². The molecule has 7 heteroatoms. The lowest BCUT2D eigenvalue weighted by Gasteiger charge is -2.08. The molecule has 0 aliphatic rings. The average Bonchev–Trinajstić information content (AvgIpc) is 2.87. The molecule has 0 bridgehead atoms. The smallest absolute Gasteiger partial charge is 0.349 e. The number of carbonyl (C=O) groups excluding carboxylic acids is 2. The highest BCUT2D eigenvalue weighted by molar-refractivity contribution is 5.96. The van der Waals surface area contributed by atoms with Crippen LogP contribution in [0.5, 0.6) is 11.5 Å². The highest BCUT2D eigenvalue weighted by Gasteiger charge is 2.14. The predicted octanol–water partition coefficient (Wildman–Crippen LogP) is 4.84. The van der Waals surface area contributed by atoms with E-state index in [4.69, 9.17) is 13.9 Å². The van der Waals surface area contributed by atoms with E-state index in [0.717, 1.165) is 16.9 Å². The van der Waals surface area contributed by atoms with Gasteiger partial charge >= 0.3 is 11.6 Å². The lowest BCUT2D eigenvalue weighted by atomic mass is 10.1. The molecule has 184 valence electrons. The summed E-state index contributed by atoms with van der Waals surface area (Å²) in [6.07, 6.45) is 1.33. The van der Waals surface area contributed by atoms with Crippen LogP contribution in [0.3, 0.4) is 0 Å². The maximum Gasteiger partial charge on any atom is 0.349 e. The highest BCUT2D eigenvalue weighted by atomic mass is 16.5. The SMILES string of the molecule is Cc1cccc(OCCCC(=O)Oc2ccc3cc(C(=O)NCCc4ccccc4)c(=O)oc3c2)c1. The summed E-state index contributed by atoms with van der Waals surface area (Å²) in [6, 6.07) is 23.6. The first kappa shape index (κ1) is 24.7. The third kappa shape index (κ3) is 6.82. The molecule has 0 spiro atoms. The minimum Gasteiger partial charge on any atom is -0.494 e. The molecule has 0 aliphatic heterocycles. The van der Waals surface area contributed by atoms with Crippen LogP contribution in [-0.2, 0) is 11.2 Å². The Labute approximate surface area is 208 Å². The van der Waals surface area contributed by atoms with E-state index >= 15 is 0 Å². The van der Waals surface area contributed by atoms with Crippen LogP contribution >= 0.6 is 0 Å². The molecular formula is C29H27NO6. The van der Waals surface area contributed by atoms with Gasteiger partial charge in [0.25, 0.3) is 5.91 Å². The summed E-state index contributed by atoms with van der Waals surface area (Å²) < 4.78 is 16.3. The first-order valence-electron chi connectivity index (χ1n) is 11.8. The fourth-order valence-electron chi connectivity index (χ4n) is 3.67. The lowest BCUT2D eigenvalue weighted by Crippen LogP contribution is -2.29. The zero-order valence-electron chi connectivity index (χ0n) is 20.0. The highest BCUT2D eigenvalue weighted by Crippen LogP contribution is 2.21.